The van der Waals surface area contributed by atoms with Crippen LogP contribution in [0.4, 0.5) is 5.69 Å². The second-order valence-corrected chi connectivity index (χ2v) is 8.13. The number of carbonyl (C=O) groups is 1. The molecule has 1 atom stereocenters. The fourth-order valence-corrected chi connectivity index (χ4v) is 3.43. The average Bonchev–Trinajstić information content (AvgIpc) is 3.25. The van der Waals surface area contributed by atoms with Gasteiger partial charge in [0.15, 0.2) is 5.96 Å². The number of hydrogen-bond donors (Lipinski definition) is 1. The van der Waals surface area contributed by atoms with E-state index in [0.717, 1.165) is 51.6 Å². The number of aliphatic imine (C=N–C) groups is 1. The number of hydrogen-bond acceptors (Lipinski definition) is 5. The van der Waals surface area contributed by atoms with Crippen LogP contribution in [0, 0.1) is 5.92 Å². The lowest BCUT2D eigenvalue weighted by atomic mass is 10.1. The highest BCUT2D eigenvalue weighted by Crippen LogP contribution is 2.17. The van der Waals surface area contributed by atoms with Crippen LogP contribution in [0.3, 0.4) is 0 Å². The first-order valence-corrected chi connectivity index (χ1v) is 11.1. The van der Waals surface area contributed by atoms with Gasteiger partial charge in [0.05, 0.1) is 19.8 Å². The van der Waals surface area contributed by atoms with Crippen molar-refractivity contribution in [1.82, 2.24) is 15.1 Å². The smallest absolute Gasteiger partial charge is 0.243 e. The first-order valence-electron chi connectivity index (χ1n) is 11.1. The molecule has 1 aliphatic rings. The fraction of sp³-hybridized carbons (Fsp3) is 0.652. The molecular weight excluding hydrogens is 521 g/mol. The van der Waals surface area contributed by atoms with Gasteiger partial charge in [0.25, 0.3) is 0 Å². The standard InChI is InChI=1S/C23H39N5O3.HI/c1-26(2)22(29)17-25-23(28-14-11-20(18-28)19-31-16-15-30-4)24-12-8-13-27(3)21-9-6-5-7-10-21;/h5-7,9-10,20H,8,11-19H2,1-4H3,(H,24,25);1H. The Morgan fingerprint density at radius 1 is 1.22 bits per heavy atom. The number of halogens is 1. The highest BCUT2D eigenvalue weighted by Gasteiger charge is 2.25. The van der Waals surface area contributed by atoms with Crippen LogP contribution in [0.5, 0.6) is 0 Å². The van der Waals surface area contributed by atoms with Crippen molar-refractivity contribution in [2.75, 3.05) is 85.7 Å². The van der Waals surface area contributed by atoms with Gasteiger partial charge in [-0.05, 0) is 25.0 Å². The van der Waals surface area contributed by atoms with Gasteiger partial charge in [0.2, 0.25) is 5.91 Å². The molecule has 0 spiro atoms. The molecule has 0 aromatic heterocycles. The molecule has 2 rings (SSSR count). The zero-order valence-corrected chi connectivity index (χ0v) is 22.3. The van der Waals surface area contributed by atoms with Gasteiger partial charge in [0.1, 0.15) is 6.54 Å². The molecule has 0 bridgehead atoms. The Balaban J connectivity index is 0.00000512. The molecule has 1 aliphatic heterocycles. The zero-order chi connectivity index (χ0) is 22.5. The Kier molecular flexibility index (Phi) is 14.3. The molecule has 0 aliphatic carbocycles. The summed E-state index contributed by atoms with van der Waals surface area (Å²) in [6.45, 7) is 5.68. The van der Waals surface area contributed by atoms with E-state index in [-0.39, 0.29) is 36.4 Å². The molecule has 1 aromatic rings. The summed E-state index contributed by atoms with van der Waals surface area (Å²) in [4.78, 5) is 22.7. The van der Waals surface area contributed by atoms with Gasteiger partial charge in [0, 0.05) is 66.0 Å². The number of methoxy groups -OCH3 is 1. The van der Waals surface area contributed by atoms with Gasteiger partial charge in [-0.15, -0.1) is 24.0 Å². The van der Waals surface area contributed by atoms with Crippen LogP contribution < -0.4 is 10.2 Å². The molecule has 1 fully saturated rings. The largest absolute Gasteiger partial charge is 0.382 e. The van der Waals surface area contributed by atoms with Gasteiger partial charge < -0.3 is 29.5 Å². The summed E-state index contributed by atoms with van der Waals surface area (Å²) in [6, 6.07) is 10.4. The molecule has 1 unspecified atom stereocenters. The van der Waals surface area contributed by atoms with E-state index in [1.165, 1.54) is 5.69 Å². The first kappa shape index (κ1) is 28.4. The van der Waals surface area contributed by atoms with Crippen molar-refractivity contribution in [1.29, 1.82) is 0 Å². The number of rotatable bonds is 12. The fourth-order valence-electron chi connectivity index (χ4n) is 3.43. The summed E-state index contributed by atoms with van der Waals surface area (Å²) < 4.78 is 10.7. The molecule has 1 amide bonds. The van der Waals surface area contributed by atoms with Crippen molar-refractivity contribution in [2.24, 2.45) is 10.9 Å². The first-order chi connectivity index (χ1) is 15.0. The summed E-state index contributed by atoms with van der Waals surface area (Å²) in [7, 11) is 7.30. The van der Waals surface area contributed by atoms with E-state index >= 15 is 0 Å². The number of nitrogens with one attached hydrogen (secondary N) is 1. The molecule has 1 aromatic carbocycles. The van der Waals surface area contributed by atoms with E-state index in [4.69, 9.17) is 9.47 Å². The Hall–Kier alpha value is -1.59. The third-order valence-corrected chi connectivity index (χ3v) is 5.38. The highest BCUT2D eigenvalue weighted by molar-refractivity contribution is 14.0. The van der Waals surface area contributed by atoms with Gasteiger partial charge in [-0.25, -0.2) is 4.99 Å². The molecule has 8 nitrogen and oxygen atoms in total. The van der Waals surface area contributed by atoms with Crippen LogP contribution in [0.15, 0.2) is 35.3 Å². The predicted molar refractivity (Wildman–Crippen MR) is 141 cm³/mol. The Morgan fingerprint density at radius 2 is 1.97 bits per heavy atom. The Labute approximate surface area is 210 Å². The molecule has 182 valence electrons. The maximum absolute atomic E-state index is 12.0. The van der Waals surface area contributed by atoms with Gasteiger partial charge in [-0.1, -0.05) is 18.2 Å². The third kappa shape index (κ3) is 10.4. The quantitative estimate of drug-likeness (QED) is 0.183. The van der Waals surface area contributed by atoms with E-state index in [1.807, 2.05) is 6.07 Å². The molecular formula is C23H40IN5O3. The topological polar surface area (TPSA) is 69.6 Å². The normalized spacial score (nSPS) is 15.9. The van der Waals surface area contributed by atoms with E-state index in [0.29, 0.717) is 19.1 Å². The average molecular weight is 562 g/mol. The van der Waals surface area contributed by atoms with Crippen LogP contribution in [-0.2, 0) is 14.3 Å². The van der Waals surface area contributed by atoms with E-state index < -0.39 is 0 Å². The Morgan fingerprint density at radius 3 is 2.66 bits per heavy atom. The second-order valence-electron chi connectivity index (χ2n) is 8.13. The lowest BCUT2D eigenvalue weighted by Crippen LogP contribution is -2.42. The summed E-state index contributed by atoms with van der Waals surface area (Å²) in [5.74, 6) is 1.29. The minimum atomic E-state index is 0. The minimum Gasteiger partial charge on any atom is -0.382 e. The second kappa shape index (κ2) is 16.1. The molecule has 32 heavy (non-hydrogen) atoms. The molecule has 0 saturated carbocycles. The SMILES string of the molecule is COCCOCC1CCN(C(=NCC(=O)N(C)C)NCCCN(C)c2ccccc2)C1.I. The molecule has 1 heterocycles. The number of anilines is 1. The molecule has 9 heteroatoms. The van der Waals surface area contributed by atoms with E-state index in [1.54, 1.807) is 26.1 Å². The number of guanidine groups is 1. The number of carbonyl (C=O) groups excluding carboxylic acids is 1. The van der Waals surface area contributed by atoms with Crippen molar-refractivity contribution in [3.05, 3.63) is 30.3 Å². The minimum absolute atomic E-state index is 0. The number of likely N-dealkylation sites (tertiary alicyclic amines) is 1. The van der Waals surface area contributed by atoms with Gasteiger partial charge >= 0.3 is 0 Å². The van der Waals surface area contributed by atoms with Gasteiger partial charge in [-0.3, -0.25) is 4.79 Å². The van der Waals surface area contributed by atoms with Crippen LogP contribution >= 0.6 is 24.0 Å². The molecule has 1 N–H and O–H groups in total. The molecule has 0 radical (unpaired) electrons. The van der Waals surface area contributed by atoms with Crippen molar-refractivity contribution < 1.29 is 14.3 Å². The van der Waals surface area contributed by atoms with Crippen LogP contribution in [-0.4, -0.2) is 102 Å². The Bertz CT molecular complexity index is 675. The number of likely N-dealkylation sites (N-methyl/N-ethyl adjacent to an activating group) is 1. The van der Waals surface area contributed by atoms with Crippen molar-refractivity contribution in [3.8, 4) is 0 Å². The van der Waals surface area contributed by atoms with E-state index in [9.17, 15) is 4.79 Å². The molecule has 1 saturated heterocycles. The van der Waals surface area contributed by atoms with Crippen LogP contribution in [0.25, 0.3) is 0 Å². The lowest BCUT2D eigenvalue weighted by molar-refractivity contribution is -0.127. The van der Waals surface area contributed by atoms with Gasteiger partial charge in [-0.2, -0.15) is 0 Å². The summed E-state index contributed by atoms with van der Waals surface area (Å²) in [5, 5.41) is 3.48. The number of nitrogens with zero attached hydrogens (tertiary/aromatic N) is 4. The maximum atomic E-state index is 12.0. The number of para-hydroxylation sites is 1. The van der Waals surface area contributed by atoms with Crippen molar-refractivity contribution in [2.45, 2.75) is 12.8 Å². The van der Waals surface area contributed by atoms with Crippen molar-refractivity contribution in [3.63, 3.8) is 0 Å². The van der Waals surface area contributed by atoms with E-state index in [2.05, 4.69) is 51.4 Å². The predicted octanol–water partition coefficient (Wildman–Crippen LogP) is 2.15. The lowest BCUT2D eigenvalue weighted by Gasteiger charge is -2.24. The summed E-state index contributed by atoms with van der Waals surface area (Å²) in [6.07, 6.45) is 2.04. The van der Waals surface area contributed by atoms with Crippen LogP contribution in [0.2, 0.25) is 0 Å². The summed E-state index contributed by atoms with van der Waals surface area (Å²) in [5.41, 5.74) is 1.21. The number of benzene rings is 1. The highest BCUT2D eigenvalue weighted by atomic mass is 127. The van der Waals surface area contributed by atoms with Crippen molar-refractivity contribution >= 4 is 41.5 Å². The third-order valence-electron chi connectivity index (χ3n) is 5.38. The summed E-state index contributed by atoms with van der Waals surface area (Å²) >= 11 is 0. The number of ether oxygens (including phenoxy) is 2. The van der Waals surface area contributed by atoms with Crippen LogP contribution in [0.1, 0.15) is 12.8 Å². The maximum Gasteiger partial charge on any atom is 0.243 e. The number of amides is 1. The zero-order valence-electron chi connectivity index (χ0n) is 20.0. The monoisotopic (exact) mass is 561 g/mol.